The van der Waals surface area contributed by atoms with Crippen molar-refractivity contribution < 1.29 is 17.6 Å². The molecule has 0 atom stereocenters. The Morgan fingerprint density at radius 2 is 1.79 bits per heavy atom. The highest BCUT2D eigenvalue weighted by atomic mass is 32.2. The molecule has 2 rings (SSSR count). The Morgan fingerprint density at radius 3 is 2.42 bits per heavy atom. The Kier molecular flexibility index (Phi) is 5.83. The summed E-state index contributed by atoms with van der Waals surface area (Å²) in [6, 6.07) is 9.69. The number of amides is 1. The maximum Gasteiger partial charge on any atom is 0.286 e. The molecule has 24 heavy (non-hydrogen) atoms. The zero-order valence-electron chi connectivity index (χ0n) is 14.2. The van der Waals surface area contributed by atoms with E-state index in [1.165, 1.54) is 12.1 Å². The highest BCUT2D eigenvalue weighted by Crippen LogP contribution is 2.18. The third kappa shape index (κ3) is 4.96. The fourth-order valence-corrected chi connectivity index (χ4v) is 3.40. The lowest BCUT2D eigenvalue weighted by Crippen LogP contribution is -2.24. The standard InChI is InChI=1S/C18H23NO4S/c1-13(2)10-11-19-18(20)17-9-6-15(23-17)12-24(21,22)16-7-4-14(3)5-8-16/h4-9,13H,10-12H2,1-3H3,(H,19,20). The summed E-state index contributed by atoms with van der Waals surface area (Å²) in [7, 11) is -3.50. The van der Waals surface area contributed by atoms with Gasteiger partial charge in [0.05, 0.1) is 4.90 Å². The fourth-order valence-electron chi connectivity index (χ4n) is 2.16. The third-order valence-corrected chi connectivity index (χ3v) is 5.26. The van der Waals surface area contributed by atoms with Crippen LogP contribution in [0.25, 0.3) is 0 Å². The molecule has 0 unspecified atom stereocenters. The second-order valence-corrected chi connectivity index (χ2v) is 8.27. The monoisotopic (exact) mass is 349 g/mol. The molecule has 0 saturated carbocycles. The van der Waals surface area contributed by atoms with Crippen LogP contribution in [0.2, 0.25) is 0 Å². The predicted octanol–water partition coefficient (Wildman–Crippen LogP) is 3.34. The second-order valence-electron chi connectivity index (χ2n) is 6.28. The Labute approximate surface area is 143 Å². The summed E-state index contributed by atoms with van der Waals surface area (Å²) in [5.41, 5.74) is 0.993. The number of carbonyl (C=O) groups excluding carboxylic acids is 1. The first-order valence-corrected chi connectivity index (χ1v) is 9.59. The molecule has 5 nitrogen and oxygen atoms in total. The molecule has 6 heteroatoms. The van der Waals surface area contributed by atoms with Crippen molar-refractivity contribution in [2.24, 2.45) is 5.92 Å². The minimum atomic E-state index is -3.50. The van der Waals surface area contributed by atoms with Gasteiger partial charge in [-0.3, -0.25) is 4.79 Å². The molecule has 2 aromatic rings. The van der Waals surface area contributed by atoms with Gasteiger partial charge in [-0.1, -0.05) is 31.5 Å². The molecule has 0 bridgehead atoms. The number of rotatable bonds is 7. The molecule has 130 valence electrons. The summed E-state index contributed by atoms with van der Waals surface area (Å²) in [6.45, 7) is 6.61. The maximum atomic E-state index is 12.4. The Morgan fingerprint density at radius 1 is 1.12 bits per heavy atom. The summed E-state index contributed by atoms with van der Waals surface area (Å²) in [6.07, 6.45) is 0.876. The average Bonchev–Trinajstić information content (AvgIpc) is 2.95. The lowest BCUT2D eigenvalue weighted by atomic mass is 10.1. The van der Waals surface area contributed by atoms with Crippen molar-refractivity contribution in [3.05, 3.63) is 53.5 Å². The van der Waals surface area contributed by atoms with E-state index in [1.54, 1.807) is 24.3 Å². The van der Waals surface area contributed by atoms with Crippen molar-refractivity contribution >= 4 is 15.7 Å². The highest BCUT2D eigenvalue weighted by Gasteiger charge is 2.19. The number of hydrogen-bond acceptors (Lipinski definition) is 4. The van der Waals surface area contributed by atoms with E-state index in [2.05, 4.69) is 19.2 Å². The zero-order valence-corrected chi connectivity index (χ0v) is 15.0. The molecule has 0 fully saturated rings. The Hall–Kier alpha value is -2.08. The van der Waals surface area contributed by atoms with Gasteiger partial charge in [-0.25, -0.2) is 8.42 Å². The smallest absolute Gasteiger partial charge is 0.286 e. The Balaban J connectivity index is 2.02. The summed E-state index contributed by atoms with van der Waals surface area (Å²) in [4.78, 5) is 12.2. The lowest BCUT2D eigenvalue weighted by Gasteiger charge is -2.05. The van der Waals surface area contributed by atoms with Crippen molar-refractivity contribution in [1.29, 1.82) is 0 Å². The third-order valence-electron chi connectivity index (χ3n) is 3.61. The molecule has 1 aromatic carbocycles. The molecule has 0 aliphatic rings. The predicted molar refractivity (Wildman–Crippen MR) is 92.6 cm³/mol. The van der Waals surface area contributed by atoms with E-state index in [0.29, 0.717) is 12.5 Å². The SMILES string of the molecule is Cc1ccc(S(=O)(=O)Cc2ccc(C(=O)NCCC(C)C)o2)cc1. The normalized spacial score (nSPS) is 11.7. The van der Waals surface area contributed by atoms with Crippen LogP contribution in [-0.4, -0.2) is 20.9 Å². The minimum Gasteiger partial charge on any atom is -0.455 e. The number of hydrogen-bond donors (Lipinski definition) is 1. The van der Waals surface area contributed by atoms with Crippen molar-refractivity contribution in [3.8, 4) is 0 Å². The molecular weight excluding hydrogens is 326 g/mol. The van der Waals surface area contributed by atoms with E-state index in [0.717, 1.165) is 12.0 Å². The first kappa shape index (κ1) is 18.3. The maximum absolute atomic E-state index is 12.4. The van der Waals surface area contributed by atoms with Crippen molar-refractivity contribution in [2.75, 3.05) is 6.54 Å². The molecule has 0 aliphatic heterocycles. The molecule has 1 heterocycles. The van der Waals surface area contributed by atoms with Gasteiger partial charge in [-0.05, 0) is 43.5 Å². The van der Waals surface area contributed by atoms with Gasteiger partial charge >= 0.3 is 0 Å². The molecule has 0 saturated heterocycles. The molecule has 0 aliphatic carbocycles. The van der Waals surface area contributed by atoms with Crippen LogP contribution < -0.4 is 5.32 Å². The van der Waals surface area contributed by atoms with Gasteiger partial charge < -0.3 is 9.73 Å². The number of benzene rings is 1. The van der Waals surface area contributed by atoms with Crippen LogP contribution in [0, 0.1) is 12.8 Å². The van der Waals surface area contributed by atoms with Crippen molar-refractivity contribution in [3.63, 3.8) is 0 Å². The fraction of sp³-hybridized carbons (Fsp3) is 0.389. The summed E-state index contributed by atoms with van der Waals surface area (Å²) in [5.74, 6) is 0.291. The van der Waals surface area contributed by atoms with Crippen LogP contribution in [0.15, 0.2) is 45.7 Å². The lowest BCUT2D eigenvalue weighted by molar-refractivity contribution is 0.0923. The molecular formula is C18H23NO4S. The van der Waals surface area contributed by atoms with Gasteiger partial charge in [0, 0.05) is 6.54 Å². The van der Waals surface area contributed by atoms with E-state index >= 15 is 0 Å². The number of nitrogens with one attached hydrogen (secondary N) is 1. The number of aryl methyl sites for hydroxylation is 1. The first-order valence-electron chi connectivity index (χ1n) is 7.94. The van der Waals surface area contributed by atoms with E-state index in [1.807, 2.05) is 6.92 Å². The first-order chi connectivity index (χ1) is 11.3. The highest BCUT2D eigenvalue weighted by molar-refractivity contribution is 7.90. The summed E-state index contributed by atoms with van der Waals surface area (Å²) >= 11 is 0. The zero-order chi connectivity index (χ0) is 17.7. The van der Waals surface area contributed by atoms with Gasteiger partial charge in [-0.2, -0.15) is 0 Å². The van der Waals surface area contributed by atoms with Crippen LogP contribution in [0.4, 0.5) is 0 Å². The van der Waals surface area contributed by atoms with Gasteiger partial charge in [0.15, 0.2) is 15.6 Å². The number of furan rings is 1. The minimum absolute atomic E-state index is 0.132. The van der Waals surface area contributed by atoms with Crippen LogP contribution in [0.1, 0.15) is 42.1 Å². The average molecular weight is 349 g/mol. The van der Waals surface area contributed by atoms with E-state index < -0.39 is 9.84 Å². The molecule has 1 N–H and O–H groups in total. The van der Waals surface area contributed by atoms with Crippen LogP contribution in [-0.2, 0) is 15.6 Å². The number of sulfone groups is 1. The van der Waals surface area contributed by atoms with Crippen molar-refractivity contribution in [2.45, 2.75) is 37.8 Å². The largest absolute Gasteiger partial charge is 0.455 e. The second kappa shape index (κ2) is 7.66. The molecule has 0 spiro atoms. The quantitative estimate of drug-likeness (QED) is 0.832. The summed E-state index contributed by atoms with van der Waals surface area (Å²) < 4.78 is 30.1. The van der Waals surface area contributed by atoms with Gasteiger partial charge in [0.2, 0.25) is 0 Å². The molecule has 1 amide bonds. The van der Waals surface area contributed by atoms with E-state index in [9.17, 15) is 13.2 Å². The molecule has 0 radical (unpaired) electrons. The van der Waals surface area contributed by atoms with Gasteiger partial charge in [-0.15, -0.1) is 0 Å². The van der Waals surface area contributed by atoms with E-state index in [4.69, 9.17) is 4.42 Å². The van der Waals surface area contributed by atoms with Crippen molar-refractivity contribution in [1.82, 2.24) is 5.32 Å². The van der Waals surface area contributed by atoms with Gasteiger partial charge in [0.1, 0.15) is 11.5 Å². The van der Waals surface area contributed by atoms with Crippen LogP contribution in [0.3, 0.4) is 0 Å². The topological polar surface area (TPSA) is 76.4 Å². The number of carbonyl (C=O) groups is 1. The van der Waals surface area contributed by atoms with E-state index in [-0.39, 0.29) is 28.1 Å². The summed E-state index contributed by atoms with van der Waals surface area (Å²) in [5, 5.41) is 2.76. The van der Waals surface area contributed by atoms with Crippen LogP contribution >= 0.6 is 0 Å². The molecule has 1 aromatic heterocycles. The Bertz CT molecular complexity index is 789. The van der Waals surface area contributed by atoms with Crippen LogP contribution in [0.5, 0.6) is 0 Å². The van der Waals surface area contributed by atoms with Gasteiger partial charge in [0.25, 0.3) is 5.91 Å².